The van der Waals surface area contributed by atoms with E-state index in [4.69, 9.17) is 0 Å². The van der Waals surface area contributed by atoms with Crippen LogP contribution >= 0.6 is 0 Å². The zero-order valence-corrected chi connectivity index (χ0v) is 19.3. The average molecular weight is 413 g/mol. The predicted octanol–water partition coefficient (Wildman–Crippen LogP) is 7.30. The van der Waals surface area contributed by atoms with Gasteiger partial charge < -0.3 is 0 Å². The van der Waals surface area contributed by atoms with Crippen molar-refractivity contribution in [2.24, 2.45) is 0 Å². The molecule has 0 bridgehead atoms. The van der Waals surface area contributed by atoms with Gasteiger partial charge in [0.15, 0.2) is 11.6 Å². The lowest BCUT2D eigenvalue weighted by Gasteiger charge is -2.18. The van der Waals surface area contributed by atoms with Crippen molar-refractivity contribution in [3.63, 3.8) is 0 Å². The zero-order chi connectivity index (χ0) is 22.5. The number of hydrogen-bond acceptors (Lipinski definition) is 2. The minimum absolute atomic E-state index is 0.0131. The molecule has 0 fully saturated rings. The Balaban J connectivity index is 1.59. The summed E-state index contributed by atoms with van der Waals surface area (Å²) >= 11 is 0. The Morgan fingerprint density at radius 2 is 1.48 bits per heavy atom. The summed E-state index contributed by atoms with van der Waals surface area (Å²) < 4.78 is 0. The first-order valence-electron chi connectivity index (χ1n) is 11.0. The highest BCUT2D eigenvalue weighted by Gasteiger charge is 2.28. The van der Waals surface area contributed by atoms with Crippen LogP contribution in [-0.2, 0) is 6.42 Å². The van der Waals surface area contributed by atoms with E-state index in [1.165, 1.54) is 27.8 Å². The first kappa shape index (κ1) is 22.7. The topological polar surface area (TPSA) is 34.1 Å². The highest BCUT2D eigenvalue weighted by atomic mass is 16.1. The third-order valence-electron chi connectivity index (χ3n) is 6.22. The molecule has 2 aromatic rings. The smallest absolute Gasteiger partial charge is 0.190 e. The average Bonchev–Trinajstić information content (AvgIpc) is 2.74. The van der Waals surface area contributed by atoms with Gasteiger partial charge in [0.1, 0.15) is 0 Å². The zero-order valence-electron chi connectivity index (χ0n) is 19.3. The molecule has 0 radical (unpaired) electrons. The number of fused-ring (bicyclic) bond motifs is 1. The number of benzene rings is 2. The molecule has 0 spiro atoms. The summed E-state index contributed by atoms with van der Waals surface area (Å²) in [4.78, 5) is 25.5. The molecule has 31 heavy (non-hydrogen) atoms. The highest BCUT2D eigenvalue weighted by molar-refractivity contribution is 6.26. The van der Waals surface area contributed by atoms with E-state index in [0.717, 1.165) is 19.3 Å². The Morgan fingerprint density at radius 1 is 0.806 bits per heavy atom. The maximum Gasteiger partial charge on any atom is 0.190 e. The molecule has 1 aliphatic carbocycles. The number of hydrogen-bond donors (Lipinski definition) is 0. The van der Waals surface area contributed by atoms with Gasteiger partial charge in [0.2, 0.25) is 0 Å². The molecule has 0 aliphatic heterocycles. The van der Waals surface area contributed by atoms with Crippen molar-refractivity contribution in [3.8, 4) is 0 Å². The molecule has 0 unspecified atom stereocenters. The Hall–Kier alpha value is -3.00. The van der Waals surface area contributed by atoms with Gasteiger partial charge in [-0.3, -0.25) is 9.59 Å². The van der Waals surface area contributed by atoms with E-state index < -0.39 is 0 Å². The van der Waals surface area contributed by atoms with Gasteiger partial charge >= 0.3 is 0 Å². The summed E-state index contributed by atoms with van der Waals surface area (Å²) in [6, 6.07) is 13.8. The monoisotopic (exact) mass is 412 g/mol. The van der Waals surface area contributed by atoms with Gasteiger partial charge in [0, 0.05) is 22.3 Å². The SMILES string of the molecule is CC1=C(C/C=C(\C)CC/C=C(\C)Cc2ccc(C)c(C)c2)C(=O)c2ccccc2C1=O. The second kappa shape index (κ2) is 9.87. The number of Topliss-reactive ketones (excluding diaryl/α,β-unsaturated/α-hetero) is 2. The van der Waals surface area contributed by atoms with Gasteiger partial charge in [0.25, 0.3) is 0 Å². The van der Waals surface area contributed by atoms with Crippen LogP contribution in [0, 0.1) is 13.8 Å². The fraction of sp³-hybridized carbons (Fsp3) is 0.310. The number of carbonyl (C=O) groups is 2. The van der Waals surface area contributed by atoms with Crippen LogP contribution in [0.5, 0.6) is 0 Å². The minimum Gasteiger partial charge on any atom is -0.289 e. The lowest BCUT2D eigenvalue weighted by molar-refractivity contribution is 0.0973. The van der Waals surface area contributed by atoms with Crippen molar-refractivity contribution >= 4 is 11.6 Å². The molecule has 0 amide bonds. The van der Waals surface area contributed by atoms with E-state index in [2.05, 4.69) is 58.0 Å². The van der Waals surface area contributed by atoms with Gasteiger partial charge in [0.05, 0.1) is 0 Å². The number of ketones is 2. The molecule has 2 aromatic carbocycles. The molecule has 2 nitrogen and oxygen atoms in total. The third-order valence-corrected chi connectivity index (χ3v) is 6.22. The summed E-state index contributed by atoms with van der Waals surface area (Å²) in [6.07, 6.45) is 7.84. The highest BCUT2D eigenvalue weighted by Crippen LogP contribution is 2.28. The molecule has 0 atom stereocenters. The lowest BCUT2D eigenvalue weighted by Crippen LogP contribution is -2.20. The summed E-state index contributed by atoms with van der Waals surface area (Å²) in [5.74, 6) is -0.0398. The first-order chi connectivity index (χ1) is 14.8. The van der Waals surface area contributed by atoms with Crippen LogP contribution in [0.15, 0.2) is 76.9 Å². The lowest BCUT2D eigenvalue weighted by atomic mass is 9.83. The van der Waals surface area contributed by atoms with Crippen molar-refractivity contribution < 1.29 is 9.59 Å². The van der Waals surface area contributed by atoms with Crippen LogP contribution < -0.4 is 0 Å². The molecular weight excluding hydrogens is 380 g/mol. The van der Waals surface area contributed by atoms with Crippen molar-refractivity contribution in [3.05, 3.63) is 105 Å². The van der Waals surface area contributed by atoms with Gasteiger partial charge in [-0.1, -0.05) is 65.8 Å². The van der Waals surface area contributed by atoms with Gasteiger partial charge in [-0.15, -0.1) is 0 Å². The van der Waals surface area contributed by atoms with Crippen LogP contribution in [-0.4, -0.2) is 11.6 Å². The molecule has 0 heterocycles. The summed E-state index contributed by atoms with van der Waals surface area (Å²) in [5, 5.41) is 0. The number of allylic oxidation sites excluding steroid dienone is 6. The second-order valence-electron chi connectivity index (χ2n) is 8.75. The van der Waals surface area contributed by atoms with E-state index in [9.17, 15) is 9.59 Å². The van der Waals surface area contributed by atoms with E-state index >= 15 is 0 Å². The number of rotatable bonds is 7. The molecule has 160 valence electrons. The normalized spacial score (nSPS) is 14.9. The molecule has 0 aromatic heterocycles. The Morgan fingerprint density at radius 3 is 2.16 bits per heavy atom. The van der Waals surface area contributed by atoms with Crippen LogP contribution in [0.1, 0.15) is 77.4 Å². The molecule has 0 saturated carbocycles. The van der Waals surface area contributed by atoms with Crippen LogP contribution in [0.4, 0.5) is 0 Å². The molecule has 2 heteroatoms. The molecular formula is C29H32O2. The predicted molar refractivity (Wildman–Crippen MR) is 129 cm³/mol. The summed E-state index contributed by atoms with van der Waals surface area (Å²) in [7, 11) is 0. The van der Waals surface area contributed by atoms with Crippen molar-refractivity contribution in [1.82, 2.24) is 0 Å². The second-order valence-corrected chi connectivity index (χ2v) is 8.75. The molecule has 0 N–H and O–H groups in total. The Bertz CT molecular complexity index is 1110. The molecule has 1 aliphatic rings. The van der Waals surface area contributed by atoms with Crippen molar-refractivity contribution in [1.29, 1.82) is 0 Å². The number of aryl methyl sites for hydroxylation is 2. The van der Waals surface area contributed by atoms with Crippen LogP contribution in [0.2, 0.25) is 0 Å². The van der Waals surface area contributed by atoms with E-state index in [1.54, 1.807) is 19.1 Å². The maximum absolute atomic E-state index is 12.9. The minimum atomic E-state index is -0.0267. The number of carbonyl (C=O) groups excluding carboxylic acids is 2. The maximum atomic E-state index is 12.9. The first-order valence-corrected chi connectivity index (χ1v) is 11.0. The Labute approximate surface area is 186 Å². The summed E-state index contributed by atoms with van der Waals surface area (Å²) in [5.41, 5.74) is 8.91. The van der Waals surface area contributed by atoms with E-state index in [1.807, 2.05) is 12.1 Å². The van der Waals surface area contributed by atoms with E-state index in [0.29, 0.717) is 28.7 Å². The quantitative estimate of drug-likeness (QED) is 0.447. The van der Waals surface area contributed by atoms with Crippen molar-refractivity contribution in [2.45, 2.75) is 60.3 Å². The van der Waals surface area contributed by atoms with Crippen LogP contribution in [0.25, 0.3) is 0 Å². The standard InChI is InChI=1S/C29H32O2/c1-19(9-8-10-20(2)17-24-15-14-21(3)22(4)18-24)13-16-25-23(5)28(30)26-11-6-7-12-27(26)29(25)31/h6-7,10-15,18H,8-9,16-17H2,1-5H3/b19-13+,20-10+. The fourth-order valence-electron chi connectivity index (χ4n) is 4.03. The Kier molecular flexibility index (Phi) is 7.22. The van der Waals surface area contributed by atoms with Gasteiger partial charge in [-0.25, -0.2) is 0 Å². The molecule has 3 rings (SSSR count). The van der Waals surface area contributed by atoms with Crippen molar-refractivity contribution in [2.75, 3.05) is 0 Å². The van der Waals surface area contributed by atoms with Gasteiger partial charge in [-0.2, -0.15) is 0 Å². The van der Waals surface area contributed by atoms with Gasteiger partial charge in [-0.05, 0) is 77.0 Å². The fourth-order valence-corrected chi connectivity index (χ4v) is 4.03. The largest absolute Gasteiger partial charge is 0.289 e. The molecule has 0 saturated heterocycles. The third kappa shape index (κ3) is 5.38. The van der Waals surface area contributed by atoms with Crippen LogP contribution in [0.3, 0.4) is 0 Å². The summed E-state index contributed by atoms with van der Waals surface area (Å²) in [6.45, 7) is 10.4. The van der Waals surface area contributed by atoms with E-state index in [-0.39, 0.29) is 11.6 Å².